The van der Waals surface area contributed by atoms with Gasteiger partial charge in [-0.25, -0.2) is 4.79 Å². The molecular weight excluding hydrogens is 472 g/mol. The van der Waals surface area contributed by atoms with Crippen molar-refractivity contribution >= 4 is 40.9 Å². The molecule has 2 heterocycles. The highest BCUT2D eigenvalue weighted by atomic mass is 35.5. The van der Waals surface area contributed by atoms with E-state index in [1.807, 2.05) is 59.5 Å². The fraction of sp³-hybridized carbons (Fsp3) is 0.231. The van der Waals surface area contributed by atoms with E-state index < -0.39 is 11.7 Å². The van der Waals surface area contributed by atoms with E-state index in [1.165, 1.54) is 0 Å². The van der Waals surface area contributed by atoms with E-state index in [1.54, 1.807) is 25.8 Å². The van der Waals surface area contributed by atoms with Gasteiger partial charge >= 0.3 is 5.97 Å². The van der Waals surface area contributed by atoms with Crippen LogP contribution in [0.3, 0.4) is 0 Å². The smallest absolute Gasteiger partial charge is 0.378 e. The van der Waals surface area contributed by atoms with Gasteiger partial charge in [0.1, 0.15) is 5.75 Å². The molecule has 0 aliphatic carbocycles. The Kier molecular flexibility index (Phi) is 6.15. The van der Waals surface area contributed by atoms with Gasteiger partial charge in [-0.05, 0) is 48.9 Å². The molecule has 8 heteroatoms. The van der Waals surface area contributed by atoms with Crippen LogP contribution in [-0.4, -0.2) is 25.5 Å². The molecule has 6 nitrogen and oxygen atoms in total. The number of para-hydroxylation sites is 1. The van der Waals surface area contributed by atoms with Crippen molar-refractivity contribution in [3.05, 3.63) is 88.9 Å². The van der Waals surface area contributed by atoms with E-state index in [0.29, 0.717) is 11.4 Å². The number of thioether (sulfide) groups is 1. The number of hydrogen-bond donors (Lipinski definition) is 0. The lowest BCUT2D eigenvalue weighted by atomic mass is 9.92. The molecule has 2 aliphatic rings. The molecule has 0 fully saturated rings. The number of anilines is 1. The van der Waals surface area contributed by atoms with Crippen molar-refractivity contribution in [2.75, 3.05) is 18.6 Å². The molecule has 2 atom stereocenters. The molecule has 0 saturated heterocycles. The Morgan fingerprint density at radius 3 is 2.59 bits per heavy atom. The second-order valence-corrected chi connectivity index (χ2v) is 9.59. The maximum Gasteiger partial charge on any atom is 0.378 e. The molecule has 5 rings (SSSR count). The van der Waals surface area contributed by atoms with E-state index in [2.05, 4.69) is 23.4 Å². The molecule has 0 bridgehead atoms. The average Bonchev–Trinajstić information content (AvgIpc) is 3.17. The molecule has 174 valence electrons. The number of hydrogen-bond acceptors (Lipinski definition) is 7. The van der Waals surface area contributed by atoms with Crippen LogP contribution in [0.15, 0.2) is 82.8 Å². The van der Waals surface area contributed by atoms with Crippen molar-refractivity contribution in [3.63, 3.8) is 0 Å². The van der Waals surface area contributed by atoms with Crippen molar-refractivity contribution in [2.45, 2.75) is 29.2 Å². The topological polar surface area (TPSA) is 60.4 Å². The van der Waals surface area contributed by atoms with Crippen LogP contribution in [0.4, 0.5) is 5.69 Å². The second-order valence-electron chi connectivity index (χ2n) is 7.90. The molecule has 0 spiro atoms. The van der Waals surface area contributed by atoms with Crippen LogP contribution >= 0.6 is 23.4 Å². The molecule has 0 radical (unpaired) electrons. The second kappa shape index (κ2) is 9.24. The Morgan fingerprint density at radius 2 is 1.88 bits per heavy atom. The third kappa shape index (κ3) is 3.89. The predicted octanol–water partition coefficient (Wildman–Crippen LogP) is 6.15. The van der Waals surface area contributed by atoms with Crippen molar-refractivity contribution < 1.29 is 19.1 Å². The molecule has 0 amide bonds. The van der Waals surface area contributed by atoms with E-state index in [-0.39, 0.29) is 17.7 Å². The highest BCUT2D eigenvalue weighted by molar-refractivity contribution is 7.99. The van der Waals surface area contributed by atoms with Gasteiger partial charge in [0, 0.05) is 27.2 Å². The lowest BCUT2D eigenvalue weighted by molar-refractivity contribution is -0.135. The quantitative estimate of drug-likeness (QED) is 0.396. The number of benzene rings is 3. The van der Waals surface area contributed by atoms with Gasteiger partial charge in [0.2, 0.25) is 5.72 Å². The zero-order valence-corrected chi connectivity index (χ0v) is 20.3. The number of ether oxygens (including phenoxy) is 2. The summed E-state index contributed by atoms with van der Waals surface area (Å²) in [6.07, 6.45) is 0.521. The van der Waals surface area contributed by atoms with Crippen LogP contribution in [0.1, 0.15) is 29.7 Å². The number of carbonyl (C=O) groups is 1. The van der Waals surface area contributed by atoms with Crippen LogP contribution < -0.4 is 9.64 Å². The number of methoxy groups -OCH3 is 1. The average molecular weight is 495 g/mol. The van der Waals surface area contributed by atoms with Crippen molar-refractivity contribution in [1.82, 2.24) is 0 Å². The summed E-state index contributed by atoms with van der Waals surface area (Å²) >= 11 is 7.93. The lowest BCUT2D eigenvalue weighted by Crippen LogP contribution is -2.49. The van der Waals surface area contributed by atoms with Crippen LogP contribution in [-0.2, 0) is 20.1 Å². The molecule has 0 saturated carbocycles. The highest BCUT2D eigenvalue weighted by Crippen LogP contribution is 2.55. The van der Waals surface area contributed by atoms with E-state index in [9.17, 15) is 4.79 Å². The minimum atomic E-state index is -1.06. The number of esters is 1. The predicted molar refractivity (Wildman–Crippen MR) is 133 cm³/mol. The number of amidine groups is 1. The zero-order valence-electron chi connectivity index (χ0n) is 18.7. The number of halogens is 1. The van der Waals surface area contributed by atoms with Crippen LogP contribution in [0.25, 0.3) is 0 Å². The van der Waals surface area contributed by atoms with Gasteiger partial charge in [0.25, 0.3) is 5.84 Å². The Morgan fingerprint density at radius 1 is 1.15 bits per heavy atom. The number of rotatable bonds is 5. The number of oxime groups is 1. The van der Waals surface area contributed by atoms with Crippen LogP contribution in [0, 0.1) is 0 Å². The largest absolute Gasteiger partial charge is 0.497 e. The van der Waals surface area contributed by atoms with Gasteiger partial charge < -0.3 is 14.3 Å². The number of nitrogens with zero attached hydrogens (tertiary/aromatic N) is 2. The highest BCUT2D eigenvalue weighted by Gasteiger charge is 2.54. The zero-order chi connectivity index (χ0) is 23.7. The van der Waals surface area contributed by atoms with Crippen LogP contribution in [0.5, 0.6) is 5.75 Å². The molecule has 2 aliphatic heterocycles. The van der Waals surface area contributed by atoms with E-state index in [4.69, 9.17) is 25.9 Å². The first-order chi connectivity index (χ1) is 16.6. The minimum Gasteiger partial charge on any atom is -0.497 e. The van der Waals surface area contributed by atoms with Gasteiger partial charge in [-0.2, -0.15) is 0 Å². The first-order valence-corrected chi connectivity index (χ1v) is 12.2. The van der Waals surface area contributed by atoms with Crippen LogP contribution in [0.2, 0.25) is 5.02 Å². The molecule has 0 aromatic heterocycles. The summed E-state index contributed by atoms with van der Waals surface area (Å²) in [5.74, 6) is 0.392. The summed E-state index contributed by atoms with van der Waals surface area (Å²) in [4.78, 5) is 22.1. The number of carbonyl (C=O) groups excluding carboxylic acids is 1. The van der Waals surface area contributed by atoms with Gasteiger partial charge in [-0.3, -0.25) is 4.90 Å². The summed E-state index contributed by atoms with van der Waals surface area (Å²) < 4.78 is 10.7. The Bertz CT molecular complexity index is 1230. The fourth-order valence-electron chi connectivity index (χ4n) is 4.34. The third-order valence-electron chi connectivity index (χ3n) is 5.93. The molecule has 3 aromatic rings. The summed E-state index contributed by atoms with van der Waals surface area (Å²) in [6, 6.07) is 23.5. The van der Waals surface area contributed by atoms with Crippen molar-refractivity contribution in [3.8, 4) is 5.75 Å². The number of fused-ring (bicyclic) bond motifs is 3. The molecule has 34 heavy (non-hydrogen) atoms. The lowest BCUT2D eigenvalue weighted by Gasteiger charge is -2.37. The maximum absolute atomic E-state index is 13.0. The Hall–Kier alpha value is -3.16. The molecule has 0 N–H and O–H groups in total. The van der Waals surface area contributed by atoms with E-state index >= 15 is 0 Å². The van der Waals surface area contributed by atoms with Gasteiger partial charge in [-0.15, -0.1) is 11.8 Å². The molecule has 3 aromatic carbocycles. The fourth-order valence-corrected chi connectivity index (χ4v) is 5.81. The third-order valence-corrected chi connectivity index (χ3v) is 7.51. The Balaban J connectivity index is 1.69. The first kappa shape index (κ1) is 22.6. The van der Waals surface area contributed by atoms with Gasteiger partial charge in [0.15, 0.2) is 0 Å². The minimum absolute atomic E-state index is 0.00415. The molecular formula is C26H23ClN2O4S. The van der Waals surface area contributed by atoms with Crippen molar-refractivity contribution in [2.24, 2.45) is 5.16 Å². The normalized spacial score (nSPS) is 21.0. The standard InChI is InChI=1S/C26H23ClN2O4S/c1-3-32-25(30)24-28-33-26(18-10-12-19(27)13-11-18)16-23(17-8-14-20(31-2)15-9-17)34-22-7-5-4-6-21(22)29(24)26/h4-15,23H,3,16H2,1-2H3. The van der Waals surface area contributed by atoms with Gasteiger partial charge in [0.05, 0.1) is 19.4 Å². The first-order valence-electron chi connectivity index (χ1n) is 10.9. The summed E-state index contributed by atoms with van der Waals surface area (Å²) in [5.41, 5.74) is 1.74. The SMILES string of the molecule is CCOC(=O)C1=NOC2(c3ccc(Cl)cc3)CC(c3ccc(OC)cc3)Sc3ccccc3N12. The van der Waals surface area contributed by atoms with E-state index in [0.717, 1.165) is 27.5 Å². The molecule has 2 unspecified atom stereocenters. The summed E-state index contributed by atoms with van der Waals surface area (Å²) in [6.45, 7) is 2.01. The van der Waals surface area contributed by atoms with Gasteiger partial charge in [-0.1, -0.05) is 53.2 Å². The summed E-state index contributed by atoms with van der Waals surface area (Å²) in [7, 11) is 1.65. The monoisotopic (exact) mass is 494 g/mol. The van der Waals surface area contributed by atoms with Crippen molar-refractivity contribution in [1.29, 1.82) is 0 Å². The maximum atomic E-state index is 13.0. The summed E-state index contributed by atoms with van der Waals surface area (Å²) in [5, 5.41) is 4.89. The Labute approximate surface area is 207 Å².